The van der Waals surface area contributed by atoms with Crippen LogP contribution in [-0.2, 0) is 6.54 Å². The monoisotopic (exact) mass is 225 g/mol. The SMILES string of the molecule is CC(C)c1n[nH]c(=S)n1CC1(C)CCC1. The summed E-state index contributed by atoms with van der Waals surface area (Å²) in [4.78, 5) is 0. The summed E-state index contributed by atoms with van der Waals surface area (Å²) in [5.74, 6) is 1.52. The van der Waals surface area contributed by atoms with Gasteiger partial charge in [-0.2, -0.15) is 5.10 Å². The van der Waals surface area contributed by atoms with Gasteiger partial charge in [0.25, 0.3) is 0 Å². The fourth-order valence-corrected chi connectivity index (χ4v) is 2.45. The Morgan fingerprint density at radius 3 is 2.67 bits per heavy atom. The minimum Gasteiger partial charge on any atom is -0.303 e. The first-order valence-electron chi connectivity index (χ1n) is 5.67. The summed E-state index contributed by atoms with van der Waals surface area (Å²) in [5, 5.41) is 7.21. The van der Waals surface area contributed by atoms with E-state index in [2.05, 4.69) is 35.5 Å². The zero-order valence-corrected chi connectivity index (χ0v) is 10.5. The topological polar surface area (TPSA) is 33.6 Å². The highest BCUT2D eigenvalue weighted by Gasteiger charge is 2.33. The largest absolute Gasteiger partial charge is 0.303 e. The molecule has 0 aromatic carbocycles. The molecule has 3 nitrogen and oxygen atoms in total. The Kier molecular flexibility index (Phi) is 2.71. The summed E-state index contributed by atoms with van der Waals surface area (Å²) in [6.45, 7) is 7.68. The predicted octanol–water partition coefficient (Wildman–Crippen LogP) is 3.25. The van der Waals surface area contributed by atoms with E-state index in [0.717, 1.165) is 17.1 Å². The van der Waals surface area contributed by atoms with Gasteiger partial charge in [0.1, 0.15) is 5.82 Å². The molecule has 2 rings (SSSR count). The summed E-state index contributed by atoms with van der Waals surface area (Å²) in [7, 11) is 0. The molecule has 1 aliphatic carbocycles. The van der Waals surface area contributed by atoms with Crippen LogP contribution in [0.25, 0.3) is 0 Å². The van der Waals surface area contributed by atoms with E-state index >= 15 is 0 Å². The molecule has 0 atom stereocenters. The third-order valence-electron chi connectivity index (χ3n) is 3.40. The lowest BCUT2D eigenvalue weighted by molar-refractivity contribution is 0.129. The maximum absolute atomic E-state index is 5.28. The van der Waals surface area contributed by atoms with E-state index in [9.17, 15) is 0 Å². The molecule has 84 valence electrons. The molecule has 0 saturated heterocycles. The Morgan fingerprint density at radius 1 is 1.53 bits per heavy atom. The molecule has 15 heavy (non-hydrogen) atoms. The van der Waals surface area contributed by atoms with Crippen LogP contribution in [0.2, 0.25) is 0 Å². The first-order valence-corrected chi connectivity index (χ1v) is 6.08. The third kappa shape index (κ3) is 2.00. The number of aromatic amines is 1. The summed E-state index contributed by atoms with van der Waals surface area (Å²) < 4.78 is 2.95. The van der Waals surface area contributed by atoms with Crippen LogP contribution in [0.1, 0.15) is 51.8 Å². The van der Waals surface area contributed by atoms with Crippen LogP contribution in [0.4, 0.5) is 0 Å². The molecule has 1 aromatic heterocycles. The van der Waals surface area contributed by atoms with E-state index in [1.54, 1.807) is 0 Å². The second-order valence-corrected chi connectivity index (χ2v) is 5.68. The Morgan fingerprint density at radius 2 is 2.20 bits per heavy atom. The van der Waals surface area contributed by atoms with Crippen molar-refractivity contribution in [3.8, 4) is 0 Å². The highest BCUT2D eigenvalue weighted by molar-refractivity contribution is 7.71. The Balaban J connectivity index is 2.26. The normalized spacial score (nSPS) is 19.2. The number of hydrogen-bond donors (Lipinski definition) is 1. The highest BCUT2D eigenvalue weighted by atomic mass is 32.1. The van der Waals surface area contributed by atoms with E-state index in [1.807, 2.05) is 0 Å². The molecule has 1 aliphatic rings. The standard InChI is InChI=1S/C11H19N3S/c1-8(2)9-12-13-10(15)14(9)7-11(3)5-4-6-11/h8H,4-7H2,1-3H3,(H,13,15). The number of aromatic nitrogens is 3. The molecule has 0 unspecified atom stereocenters. The van der Waals surface area contributed by atoms with Crippen molar-refractivity contribution in [2.45, 2.75) is 52.5 Å². The summed E-state index contributed by atoms with van der Waals surface area (Å²) in [6.07, 6.45) is 3.99. The van der Waals surface area contributed by atoms with Gasteiger partial charge >= 0.3 is 0 Å². The highest BCUT2D eigenvalue weighted by Crippen LogP contribution is 2.42. The summed E-state index contributed by atoms with van der Waals surface area (Å²) in [5.41, 5.74) is 0.450. The average Bonchev–Trinajstić information content (AvgIpc) is 2.45. The average molecular weight is 225 g/mol. The van der Waals surface area contributed by atoms with Crippen LogP contribution >= 0.6 is 12.2 Å². The second-order valence-electron chi connectivity index (χ2n) is 5.29. The van der Waals surface area contributed by atoms with E-state index in [1.165, 1.54) is 19.3 Å². The first kappa shape index (κ1) is 10.9. The molecular weight excluding hydrogens is 206 g/mol. The van der Waals surface area contributed by atoms with Crippen molar-refractivity contribution in [1.82, 2.24) is 14.8 Å². The fourth-order valence-electron chi connectivity index (χ4n) is 2.24. The van der Waals surface area contributed by atoms with E-state index in [-0.39, 0.29) is 0 Å². The second kappa shape index (κ2) is 3.74. The van der Waals surface area contributed by atoms with Crippen molar-refractivity contribution in [3.63, 3.8) is 0 Å². The Bertz CT molecular complexity index is 398. The van der Waals surface area contributed by atoms with Crippen molar-refractivity contribution in [1.29, 1.82) is 0 Å². The van der Waals surface area contributed by atoms with Gasteiger partial charge in [-0.05, 0) is 30.5 Å². The van der Waals surface area contributed by atoms with Crippen LogP contribution in [0.5, 0.6) is 0 Å². The van der Waals surface area contributed by atoms with Crippen LogP contribution in [0, 0.1) is 10.2 Å². The van der Waals surface area contributed by atoms with Gasteiger partial charge in [-0.3, -0.25) is 5.10 Å². The zero-order valence-electron chi connectivity index (χ0n) is 9.71. The number of hydrogen-bond acceptors (Lipinski definition) is 2. The van der Waals surface area contributed by atoms with E-state index in [4.69, 9.17) is 12.2 Å². The minimum absolute atomic E-state index is 0.432. The van der Waals surface area contributed by atoms with Crippen LogP contribution in [0.3, 0.4) is 0 Å². The van der Waals surface area contributed by atoms with Gasteiger partial charge in [0.05, 0.1) is 0 Å². The number of rotatable bonds is 3. The zero-order chi connectivity index (χ0) is 11.1. The van der Waals surface area contributed by atoms with Gasteiger partial charge in [-0.1, -0.05) is 27.2 Å². The Labute approximate surface area is 95.9 Å². The number of H-pyrrole nitrogens is 1. The molecule has 0 bridgehead atoms. The Hall–Kier alpha value is -0.640. The summed E-state index contributed by atoms with van der Waals surface area (Å²) >= 11 is 5.28. The third-order valence-corrected chi connectivity index (χ3v) is 3.72. The molecular formula is C11H19N3S. The molecule has 4 heteroatoms. The molecule has 1 heterocycles. The van der Waals surface area contributed by atoms with Crippen molar-refractivity contribution >= 4 is 12.2 Å². The lowest BCUT2D eigenvalue weighted by Gasteiger charge is -2.38. The van der Waals surface area contributed by atoms with Gasteiger partial charge in [0.15, 0.2) is 4.77 Å². The lowest BCUT2D eigenvalue weighted by Crippen LogP contribution is -2.31. The molecule has 1 saturated carbocycles. The van der Waals surface area contributed by atoms with E-state index in [0.29, 0.717) is 11.3 Å². The van der Waals surface area contributed by atoms with Gasteiger partial charge in [0.2, 0.25) is 0 Å². The maximum Gasteiger partial charge on any atom is 0.195 e. The minimum atomic E-state index is 0.432. The molecule has 0 radical (unpaired) electrons. The summed E-state index contributed by atoms with van der Waals surface area (Å²) in [6, 6.07) is 0. The van der Waals surface area contributed by atoms with Crippen molar-refractivity contribution < 1.29 is 0 Å². The van der Waals surface area contributed by atoms with Crippen LogP contribution < -0.4 is 0 Å². The lowest BCUT2D eigenvalue weighted by atomic mass is 9.70. The van der Waals surface area contributed by atoms with Crippen molar-refractivity contribution in [2.75, 3.05) is 0 Å². The van der Waals surface area contributed by atoms with Crippen LogP contribution in [0.15, 0.2) is 0 Å². The molecule has 1 aromatic rings. The molecule has 0 amide bonds. The maximum atomic E-state index is 5.28. The van der Waals surface area contributed by atoms with Gasteiger partial charge in [-0.15, -0.1) is 0 Å². The molecule has 0 aliphatic heterocycles. The van der Waals surface area contributed by atoms with Crippen molar-refractivity contribution in [2.24, 2.45) is 5.41 Å². The van der Waals surface area contributed by atoms with Gasteiger partial charge in [-0.25, -0.2) is 0 Å². The smallest absolute Gasteiger partial charge is 0.195 e. The van der Waals surface area contributed by atoms with Crippen molar-refractivity contribution in [3.05, 3.63) is 10.6 Å². The first-order chi connectivity index (χ1) is 7.02. The van der Waals surface area contributed by atoms with E-state index < -0.39 is 0 Å². The molecule has 1 fully saturated rings. The fraction of sp³-hybridized carbons (Fsp3) is 0.818. The van der Waals surface area contributed by atoms with Gasteiger partial charge < -0.3 is 4.57 Å². The number of nitrogens with one attached hydrogen (secondary N) is 1. The molecule has 1 N–H and O–H groups in total. The predicted molar refractivity (Wildman–Crippen MR) is 63.5 cm³/mol. The van der Waals surface area contributed by atoms with Crippen LogP contribution in [-0.4, -0.2) is 14.8 Å². The van der Waals surface area contributed by atoms with Gasteiger partial charge in [0, 0.05) is 12.5 Å². The quantitative estimate of drug-likeness (QED) is 0.801. The molecule has 0 spiro atoms. The number of nitrogens with zero attached hydrogens (tertiary/aromatic N) is 2.